The van der Waals surface area contributed by atoms with Gasteiger partial charge in [0.1, 0.15) is 0 Å². The second kappa shape index (κ2) is 69.9. The molecule has 0 aromatic heterocycles. The SMILES string of the molecule is OB(O)O.OB(O)O.OB(O)O.OB(O)O.OB(O)O.[Zn].[Zn].[Zn].[Zn].[Zn].[Zn].[Zn]. The Hall–Kier alpha value is 4.09. The molecule has 0 radical (unpaired) electrons. The van der Waals surface area contributed by atoms with Crippen molar-refractivity contribution in [2.24, 2.45) is 0 Å². The number of hydrogen-bond donors (Lipinski definition) is 15. The summed E-state index contributed by atoms with van der Waals surface area (Å²) in [6.07, 6.45) is 0. The summed E-state index contributed by atoms with van der Waals surface area (Å²) < 4.78 is 0. The smallest absolute Gasteiger partial charge is 0.402 e. The van der Waals surface area contributed by atoms with Crippen molar-refractivity contribution in [3.63, 3.8) is 0 Å². The molecule has 15 N–H and O–H groups in total. The maximum atomic E-state index is 7.17. The molecular weight excluding hydrogens is 752 g/mol. The molecule has 0 aliphatic carbocycles. The van der Waals surface area contributed by atoms with Gasteiger partial charge >= 0.3 is 36.6 Å². The topological polar surface area (TPSA) is 303 Å². The Balaban J connectivity index is -0.00000000978. The van der Waals surface area contributed by atoms with Crippen LogP contribution in [-0.4, -0.2) is 112 Å². The van der Waals surface area contributed by atoms with Gasteiger partial charge in [-0.25, -0.2) is 0 Å². The fourth-order valence-corrected chi connectivity index (χ4v) is 0. The molecule has 0 saturated carbocycles. The van der Waals surface area contributed by atoms with Gasteiger partial charge in [0.05, 0.1) is 0 Å². The predicted octanol–water partition coefficient (Wildman–Crippen LogP) is -10.3. The van der Waals surface area contributed by atoms with Gasteiger partial charge in [-0.1, -0.05) is 0 Å². The summed E-state index contributed by atoms with van der Waals surface area (Å²) in [7, 11) is -10.8. The van der Waals surface area contributed by atoms with E-state index in [1.807, 2.05) is 0 Å². The third kappa shape index (κ3) is 1420. The van der Waals surface area contributed by atoms with Crippen molar-refractivity contribution < 1.29 is 212 Å². The molecule has 134 valence electrons. The molecular formula is H15B5O15Zn7. The Morgan fingerprint density at radius 2 is 0.185 bits per heavy atom. The molecule has 0 aromatic carbocycles. The minimum absolute atomic E-state index is 0. The minimum Gasteiger partial charge on any atom is -0.402 e. The predicted molar refractivity (Wildman–Crippen MR) is 62.1 cm³/mol. The third-order valence-electron chi connectivity index (χ3n) is 0. The normalized spacial score (nSPS) is 5.00. The van der Waals surface area contributed by atoms with Crippen LogP contribution in [0.3, 0.4) is 0 Å². The Morgan fingerprint density at radius 3 is 0.185 bits per heavy atom. The van der Waals surface area contributed by atoms with Gasteiger partial charge in [0.25, 0.3) is 0 Å². The Kier molecular flexibility index (Phi) is 200. The molecule has 0 unspecified atom stereocenters. The van der Waals surface area contributed by atoms with Gasteiger partial charge in [-0.15, -0.1) is 0 Å². The van der Waals surface area contributed by atoms with Crippen LogP contribution in [0.5, 0.6) is 0 Å². The molecule has 15 nitrogen and oxygen atoms in total. The number of hydrogen-bond acceptors (Lipinski definition) is 15. The molecule has 0 spiro atoms. The molecule has 27 heteroatoms. The first kappa shape index (κ1) is 77.2. The monoisotopic (exact) mass is 758 g/mol. The van der Waals surface area contributed by atoms with E-state index in [9.17, 15) is 0 Å². The average Bonchev–Trinajstić information content (AvgIpc) is 1.94. The second-order valence-corrected chi connectivity index (χ2v) is 1.73. The van der Waals surface area contributed by atoms with Gasteiger partial charge in [-0.3, -0.25) is 0 Å². The van der Waals surface area contributed by atoms with Crippen LogP contribution in [0.15, 0.2) is 0 Å². The van der Waals surface area contributed by atoms with E-state index in [0.29, 0.717) is 0 Å². The molecule has 0 saturated heterocycles. The zero-order chi connectivity index (χ0) is 17.9. The van der Waals surface area contributed by atoms with Gasteiger partial charge in [-0.05, 0) is 0 Å². The maximum absolute atomic E-state index is 7.17. The first-order valence-electron chi connectivity index (χ1n) is 3.87. The van der Waals surface area contributed by atoms with E-state index in [2.05, 4.69) is 0 Å². The summed E-state index contributed by atoms with van der Waals surface area (Å²) in [5, 5.41) is 108. The van der Waals surface area contributed by atoms with Crippen LogP contribution in [0.25, 0.3) is 0 Å². The maximum Gasteiger partial charge on any atom is 0.631 e. The van der Waals surface area contributed by atoms with Crippen molar-refractivity contribution >= 4 is 36.6 Å². The summed E-state index contributed by atoms with van der Waals surface area (Å²) in [6, 6.07) is 0. The van der Waals surface area contributed by atoms with Crippen LogP contribution in [0.4, 0.5) is 0 Å². The standard InChI is InChI=1S/5BH3O3.7Zn/c5*2-1(3)4;;;;;;;/h5*2-4H;;;;;;;. The van der Waals surface area contributed by atoms with Crippen LogP contribution >= 0.6 is 0 Å². The molecule has 0 bridgehead atoms. The fraction of sp³-hybridized carbons (Fsp3) is 0. The van der Waals surface area contributed by atoms with Gasteiger partial charge < -0.3 is 75.4 Å². The second-order valence-electron chi connectivity index (χ2n) is 1.73. The average molecular weight is 767 g/mol. The Labute approximate surface area is 245 Å². The molecule has 0 fully saturated rings. The van der Waals surface area contributed by atoms with Gasteiger partial charge in [0.2, 0.25) is 0 Å². The largest absolute Gasteiger partial charge is 0.631 e. The van der Waals surface area contributed by atoms with E-state index >= 15 is 0 Å². The van der Waals surface area contributed by atoms with Crippen molar-refractivity contribution in [1.29, 1.82) is 0 Å². The molecule has 0 heterocycles. The summed E-state index contributed by atoms with van der Waals surface area (Å²) in [6.45, 7) is 0. The molecule has 0 aromatic rings. The fourth-order valence-electron chi connectivity index (χ4n) is 0. The van der Waals surface area contributed by atoms with Crippen LogP contribution < -0.4 is 0 Å². The van der Waals surface area contributed by atoms with Gasteiger partial charge in [0.15, 0.2) is 0 Å². The summed E-state index contributed by atoms with van der Waals surface area (Å²) in [5.41, 5.74) is 0. The third-order valence-corrected chi connectivity index (χ3v) is 0. The van der Waals surface area contributed by atoms with E-state index in [-0.39, 0.29) is 136 Å². The van der Waals surface area contributed by atoms with E-state index in [0.717, 1.165) is 0 Å². The van der Waals surface area contributed by atoms with Crippen LogP contribution in [0.1, 0.15) is 0 Å². The van der Waals surface area contributed by atoms with Crippen molar-refractivity contribution in [3.8, 4) is 0 Å². The molecule has 0 amide bonds. The Morgan fingerprint density at radius 1 is 0.185 bits per heavy atom. The van der Waals surface area contributed by atoms with E-state index in [1.165, 1.54) is 0 Å². The van der Waals surface area contributed by atoms with E-state index < -0.39 is 36.6 Å². The molecule has 0 aliphatic heterocycles. The van der Waals surface area contributed by atoms with Crippen molar-refractivity contribution in [1.82, 2.24) is 0 Å². The van der Waals surface area contributed by atoms with Crippen LogP contribution in [-0.2, 0) is 136 Å². The molecule has 0 rings (SSSR count). The quantitative estimate of drug-likeness (QED) is 0.102. The molecule has 27 heavy (non-hydrogen) atoms. The first-order valence-corrected chi connectivity index (χ1v) is 3.87. The van der Waals surface area contributed by atoms with Crippen molar-refractivity contribution in [2.75, 3.05) is 0 Å². The van der Waals surface area contributed by atoms with Crippen molar-refractivity contribution in [3.05, 3.63) is 0 Å². The molecule has 0 atom stereocenters. The number of rotatable bonds is 0. The zero-order valence-corrected chi connectivity index (χ0v) is 35.3. The minimum atomic E-state index is -2.17. The van der Waals surface area contributed by atoms with E-state index in [4.69, 9.17) is 75.4 Å². The van der Waals surface area contributed by atoms with Crippen LogP contribution in [0.2, 0.25) is 0 Å². The van der Waals surface area contributed by atoms with Gasteiger partial charge in [-0.2, -0.15) is 0 Å². The molecule has 0 aliphatic rings. The Bertz CT molecular complexity index is 97.1. The van der Waals surface area contributed by atoms with E-state index in [1.54, 1.807) is 0 Å². The zero-order valence-electron chi connectivity index (χ0n) is 14.5. The summed E-state index contributed by atoms with van der Waals surface area (Å²) in [5.74, 6) is 0. The summed E-state index contributed by atoms with van der Waals surface area (Å²) >= 11 is 0. The van der Waals surface area contributed by atoms with Crippen LogP contribution in [0, 0.1) is 0 Å². The van der Waals surface area contributed by atoms with Gasteiger partial charge in [0, 0.05) is 136 Å². The summed E-state index contributed by atoms with van der Waals surface area (Å²) in [4.78, 5) is 0. The first-order chi connectivity index (χ1) is 8.66. The van der Waals surface area contributed by atoms with Crippen molar-refractivity contribution in [2.45, 2.75) is 0 Å².